The molecule has 1 atom stereocenters. The van der Waals surface area contributed by atoms with Crippen LogP contribution in [0.2, 0.25) is 0 Å². The first kappa shape index (κ1) is 24.4. The number of H-pyrrole nitrogens is 1. The lowest BCUT2D eigenvalue weighted by Gasteiger charge is -2.22. The Balaban J connectivity index is 1.21. The van der Waals surface area contributed by atoms with E-state index in [0.29, 0.717) is 24.3 Å². The zero-order valence-electron chi connectivity index (χ0n) is 21.0. The number of pyridine rings is 1. The van der Waals surface area contributed by atoms with E-state index in [2.05, 4.69) is 44.5 Å². The average molecular weight is 490 g/mol. The summed E-state index contributed by atoms with van der Waals surface area (Å²) in [6.45, 7) is 4.46. The molecule has 1 amide bonds. The molecule has 1 saturated heterocycles. The zero-order chi connectivity index (χ0) is 24.7. The van der Waals surface area contributed by atoms with Gasteiger partial charge in [0.05, 0.1) is 6.61 Å². The molecule has 2 N–H and O–H groups in total. The minimum atomic E-state index is -0.367. The molecule has 2 aliphatic rings. The largest absolute Gasteiger partial charge is 0.494 e. The van der Waals surface area contributed by atoms with Crippen LogP contribution in [0.25, 0.3) is 11.1 Å². The predicted octanol–water partition coefficient (Wildman–Crippen LogP) is 5.36. The summed E-state index contributed by atoms with van der Waals surface area (Å²) in [5.74, 6) is 3.07. The molecular formula is C28H35N5O3. The van der Waals surface area contributed by atoms with E-state index in [0.717, 1.165) is 60.7 Å². The highest BCUT2D eigenvalue weighted by atomic mass is 16.5. The van der Waals surface area contributed by atoms with Crippen LogP contribution in [-0.4, -0.2) is 45.9 Å². The summed E-state index contributed by atoms with van der Waals surface area (Å²) < 4.78 is 11.6. The SMILES string of the molecule is Cc1ccc(OCCC2CCCOC2)cc1-c1ccnc(NC(=O)c2n[nH]c(CC3CCCC3)n2)c1. The molecule has 190 valence electrons. The van der Waals surface area contributed by atoms with Crippen LogP contribution in [0.4, 0.5) is 5.82 Å². The number of hydrogen-bond donors (Lipinski definition) is 2. The lowest BCUT2D eigenvalue weighted by molar-refractivity contribution is 0.0462. The van der Waals surface area contributed by atoms with Gasteiger partial charge in [0, 0.05) is 25.8 Å². The maximum Gasteiger partial charge on any atom is 0.296 e. The van der Waals surface area contributed by atoms with Gasteiger partial charge in [0.15, 0.2) is 0 Å². The van der Waals surface area contributed by atoms with Gasteiger partial charge in [0.25, 0.3) is 5.91 Å². The smallest absolute Gasteiger partial charge is 0.296 e. The number of carbonyl (C=O) groups excluding carboxylic acids is 1. The van der Waals surface area contributed by atoms with Crippen LogP contribution in [-0.2, 0) is 11.2 Å². The normalized spacial score (nSPS) is 18.3. The molecule has 2 fully saturated rings. The Hall–Kier alpha value is -3.26. The highest BCUT2D eigenvalue weighted by molar-refractivity contribution is 6.01. The van der Waals surface area contributed by atoms with Crippen molar-refractivity contribution in [1.29, 1.82) is 0 Å². The van der Waals surface area contributed by atoms with E-state index in [-0.39, 0.29) is 11.7 Å². The molecule has 36 heavy (non-hydrogen) atoms. The Morgan fingerprint density at radius 3 is 2.83 bits per heavy atom. The molecule has 1 aliphatic heterocycles. The van der Waals surface area contributed by atoms with E-state index in [1.807, 2.05) is 18.2 Å². The van der Waals surface area contributed by atoms with Crippen LogP contribution >= 0.6 is 0 Å². The number of aryl methyl sites for hydroxylation is 1. The van der Waals surface area contributed by atoms with E-state index in [1.165, 1.54) is 32.1 Å². The van der Waals surface area contributed by atoms with Gasteiger partial charge in [-0.3, -0.25) is 9.89 Å². The van der Waals surface area contributed by atoms with Gasteiger partial charge in [0.2, 0.25) is 5.82 Å². The first-order valence-electron chi connectivity index (χ1n) is 13.1. The van der Waals surface area contributed by atoms with Gasteiger partial charge >= 0.3 is 0 Å². The van der Waals surface area contributed by atoms with Crippen LogP contribution in [0.5, 0.6) is 5.75 Å². The van der Waals surface area contributed by atoms with Crippen molar-refractivity contribution in [2.24, 2.45) is 11.8 Å². The van der Waals surface area contributed by atoms with Crippen molar-refractivity contribution < 1.29 is 14.3 Å². The molecule has 0 radical (unpaired) electrons. The molecule has 5 rings (SSSR count). The first-order chi connectivity index (χ1) is 17.6. The number of aromatic amines is 1. The monoisotopic (exact) mass is 489 g/mol. The van der Waals surface area contributed by atoms with Crippen molar-refractivity contribution in [2.45, 2.75) is 58.3 Å². The van der Waals surface area contributed by atoms with Crippen LogP contribution < -0.4 is 10.1 Å². The summed E-state index contributed by atoms with van der Waals surface area (Å²) in [5.41, 5.74) is 3.13. The summed E-state index contributed by atoms with van der Waals surface area (Å²) in [4.78, 5) is 21.5. The Labute approximate surface area is 212 Å². The molecule has 8 heteroatoms. The van der Waals surface area contributed by atoms with Crippen molar-refractivity contribution in [3.8, 4) is 16.9 Å². The maximum atomic E-state index is 12.8. The lowest BCUT2D eigenvalue weighted by Crippen LogP contribution is -2.19. The molecule has 2 aromatic heterocycles. The third-order valence-electron chi connectivity index (χ3n) is 7.26. The number of nitrogens with zero attached hydrogens (tertiary/aromatic N) is 3. The molecule has 1 aliphatic carbocycles. The molecule has 1 saturated carbocycles. The second-order valence-electron chi connectivity index (χ2n) is 10.0. The average Bonchev–Trinajstić information content (AvgIpc) is 3.59. The lowest BCUT2D eigenvalue weighted by atomic mass is 9.99. The van der Waals surface area contributed by atoms with Gasteiger partial charge in [-0.1, -0.05) is 31.7 Å². The second kappa shape index (κ2) is 11.6. The van der Waals surface area contributed by atoms with Gasteiger partial charge < -0.3 is 14.8 Å². The Bertz CT molecular complexity index is 1170. The van der Waals surface area contributed by atoms with E-state index in [4.69, 9.17) is 9.47 Å². The van der Waals surface area contributed by atoms with E-state index >= 15 is 0 Å². The predicted molar refractivity (Wildman–Crippen MR) is 138 cm³/mol. The molecular weight excluding hydrogens is 454 g/mol. The fourth-order valence-corrected chi connectivity index (χ4v) is 5.20. The van der Waals surface area contributed by atoms with E-state index in [1.54, 1.807) is 6.20 Å². The number of rotatable bonds is 9. The number of carbonyl (C=O) groups is 1. The van der Waals surface area contributed by atoms with Crippen molar-refractivity contribution in [3.05, 3.63) is 53.7 Å². The topological polar surface area (TPSA) is 102 Å². The number of nitrogens with one attached hydrogen (secondary N) is 2. The molecule has 3 aromatic rings. The molecule has 3 heterocycles. The summed E-state index contributed by atoms with van der Waals surface area (Å²) in [7, 11) is 0. The Kier molecular flexibility index (Phi) is 7.91. The van der Waals surface area contributed by atoms with Crippen molar-refractivity contribution in [1.82, 2.24) is 20.2 Å². The van der Waals surface area contributed by atoms with Gasteiger partial charge in [0.1, 0.15) is 17.4 Å². The number of amides is 1. The quantitative estimate of drug-likeness (QED) is 0.420. The number of hydrogen-bond acceptors (Lipinski definition) is 6. The van der Waals surface area contributed by atoms with Gasteiger partial charge in [-0.2, -0.15) is 0 Å². The number of anilines is 1. The van der Waals surface area contributed by atoms with Crippen LogP contribution in [0, 0.1) is 18.8 Å². The van der Waals surface area contributed by atoms with Crippen LogP contribution in [0.1, 0.15) is 67.0 Å². The van der Waals surface area contributed by atoms with Crippen LogP contribution in [0.3, 0.4) is 0 Å². The highest BCUT2D eigenvalue weighted by Gasteiger charge is 2.20. The number of benzene rings is 1. The fraction of sp³-hybridized carbons (Fsp3) is 0.500. The number of ether oxygens (including phenoxy) is 2. The maximum absolute atomic E-state index is 12.8. The minimum absolute atomic E-state index is 0.144. The summed E-state index contributed by atoms with van der Waals surface area (Å²) in [6.07, 6.45) is 10.9. The standard InChI is InChI=1S/C28H35N5O3/c1-19-8-9-23(36-14-11-21-7-4-13-35-18-21)17-24(19)22-10-12-29-25(16-22)31-28(34)27-30-26(32-33-27)15-20-5-2-3-6-20/h8-10,12,16-17,20-21H,2-7,11,13-15,18H2,1H3,(H,29,31,34)(H,30,32,33). The van der Waals surface area contributed by atoms with Crippen molar-refractivity contribution in [3.63, 3.8) is 0 Å². The van der Waals surface area contributed by atoms with Gasteiger partial charge in [-0.25, -0.2) is 9.97 Å². The molecule has 1 aromatic carbocycles. The summed E-state index contributed by atoms with van der Waals surface area (Å²) in [5, 5.41) is 9.89. The second-order valence-corrected chi connectivity index (χ2v) is 10.0. The molecule has 8 nitrogen and oxygen atoms in total. The van der Waals surface area contributed by atoms with E-state index in [9.17, 15) is 4.79 Å². The van der Waals surface area contributed by atoms with Gasteiger partial charge in [-0.15, -0.1) is 5.10 Å². The Morgan fingerprint density at radius 1 is 1.14 bits per heavy atom. The molecule has 1 unspecified atom stereocenters. The number of aromatic nitrogens is 4. The minimum Gasteiger partial charge on any atom is -0.494 e. The van der Waals surface area contributed by atoms with E-state index < -0.39 is 0 Å². The summed E-state index contributed by atoms with van der Waals surface area (Å²) >= 11 is 0. The van der Waals surface area contributed by atoms with Crippen LogP contribution in [0.15, 0.2) is 36.5 Å². The summed E-state index contributed by atoms with van der Waals surface area (Å²) in [6, 6.07) is 9.93. The highest BCUT2D eigenvalue weighted by Crippen LogP contribution is 2.30. The molecule has 0 bridgehead atoms. The fourth-order valence-electron chi connectivity index (χ4n) is 5.20. The molecule has 0 spiro atoms. The first-order valence-corrected chi connectivity index (χ1v) is 13.1. The zero-order valence-corrected chi connectivity index (χ0v) is 21.0. The Morgan fingerprint density at radius 2 is 2.00 bits per heavy atom. The van der Waals surface area contributed by atoms with Gasteiger partial charge in [-0.05, 0) is 79.0 Å². The van der Waals surface area contributed by atoms with Crippen molar-refractivity contribution >= 4 is 11.7 Å². The van der Waals surface area contributed by atoms with Crippen molar-refractivity contribution in [2.75, 3.05) is 25.1 Å². The third kappa shape index (κ3) is 6.29. The third-order valence-corrected chi connectivity index (χ3v) is 7.26.